The van der Waals surface area contributed by atoms with E-state index in [4.69, 9.17) is 5.26 Å². The summed E-state index contributed by atoms with van der Waals surface area (Å²) in [6.45, 7) is -1.07. The van der Waals surface area contributed by atoms with E-state index in [2.05, 4.69) is 4.74 Å². The lowest BCUT2D eigenvalue weighted by molar-refractivity contribution is -0.274. The number of carbonyl (C=O) groups is 1. The summed E-state index contributed by atoms with van der Waals surface area (Å²) in [7, 11) is 0. The van der Waals surface area contributed by atoms with E-state index in [0.717, 1.165) is 0 Å². The number of carbonyl (C=O) groups excluding carboxylic acids is 1. The molecule has 0 saturated carbocycles. The normalized spacial score (nSPS) is 20.2. The van der Waals surface area contributed by atoms with Crippen LogP contribution in [0.1, 0.15) is 16.8 Å². The summed E-state index contributed by atoms with van der Waals surface area (Å²) in [6, 6.07) is 1.75. The minimum Gasteiger partial charge on any atom is -0.406 e. The predicted molar refractivity (Wildman–Crippen MR) is 63.1 cm³/mol. The highest BCUT2D eigenvalue weighted by Gasteiger charge is 2.47. The minimum absolute atomic E-state index is 0.316. The number of benzene rings is 1. The van der Waals surface area contributed by atoms with Gasteiger partial charge < -0.3 is 9.64 Å². The van der Waals surface area contributed by atoms with Gasteiger partial charge in [-0.3, -0.25) is 4.79 Å². The van der Waals surface area contributed by atoms with Crippen molar-refractivity contribution in [3.8, 4) is 11.8 Å². The fourth-order valence-corrected chi connectivity index (χ4v) is 2.17. The Hall–Kier alpha value is -2.44. The van der Waals surface area contributed by atoms with E-state index in [1.807, 2.05) is 0 Å². The Kier molecular flexibility index (Phi) is 4.15. The highest BCUT2D eigenvalue weighted by atomic mass is 19.4. The number of likely N-dealkylation sites (tertiary alicyclic amines) is 1. The molecule has 1 heterocycles. The summed E-state index contributed by atoms with van der Waals surface area (Å²) >= 11 is 0. The molecule has 0 radical (unpaired) electrons. The number of ether oxygens (including phenoxy) is 1. The van der Waals surface area contributed by atoms with E-state index in [-0.39, 0.29) is 0 Å². The fraction of sp³-hybridized carbons (Fsp3) is 0.385. The Morgan fingerprint density at radius 3 is 2.57 bits per heavy atom. The van der Waals surface area contributed by atoms with Gasteiger partial charge in [-0.25, -0.2) is 13.2 Å². The second-order valence-electron chi connectivity index (χ2n) is 4.83. The van der Waals surface area contributed by atoms with Crippen LogP contribution < -0.4 is 4.74 Å². The van der Waals surface area contributed by atoms with E-state index in [1.54, 1.807) is 0 Å². The van der Waals surface area contributed by atoms with Gasteiger partial charge in [0.2, 0.25) is 0 Å². The van der Waals surface area contributed by atoms with Crippen molar-refractivity contribution in [1.82, 2.24) is 4.90 Å². The largest absolute Gasteiger partial charge is 0.573 e. The van der Waals surface area contributed by atoms with Crippen molar-refractivity contribution in [3.05, 3.63) is 29.6 Å². The van der Waals surface area contributed by atoms with E-state index < -0.39 is 54.3 Å². The molecule has 0 spiro atoms. The molecule has 1 aromatic carbocycles. The summed E-state index contributed by atoms with van der Waals surface area (Å²) in [5, 5.41) is 8.79. The van der Waals surface area contributed by atoms with Crippen molar-refractivity contribution < 1.29 is 35.9 Å². The Morgan fingerprint density at radius 1 is 1.39 bits per heavy atom. The highest BCUT2D eigenvalue weighted by molar-refractivity contribution is 5.95. The Balaban J connectivity index is 2.25. The summed E-state index contributed by atoms with van der Waals surface area (Å²) in [4.78, 5) is 12.5. The first-order chi connectivity index (χ1) is 10.5. The maximum Gasteiger partial charge on any atom is 0.573 e. The average Bonchev–Trinajstić information content (AvgIpc) is 2.71. The van der Waals surface area contributed by atoms with Gasteiger partial charge in [0.1, 0.15) is 17.6 Å². The zero-order chi connectivity index (χ0) is 17.4. The predicted octanol–water partition coefficient (Wildman–Crippen LogP) is 3.10. The lowest BCUT2D eigenvalue weighted by Crippen LogP contribution is -2.36. The maximum atomic E-state index is 13.8. The molecule has 0 aromatic heterocycles. The summed E-state index contributed by atoms with van der Waals surface area (Å²) in [5.41, 5.74) is -0.725. The van der Waals surface area contributed by atoms with Crippen LogP contribution in [-0.2, 0) is 0 Å². The number of alkyl halides is 5. The molecule has 23 heavy (non-hydrogen) atoms. The molecule has 1 aliphatic rings. The number of nitriles is 1. The number of halogens is 6. The van der Waals surface area contributed by atoms with Crippen molar-refractivity contribution in [2.45, 2.75) is 24.7 Å². The molecule has 1 aliphatic heterocycles. The quantitative estimate of drug-likeness (QED) is 0.779. The van der Waals surface area contributed by atoms with E-state index in [0.29, 0.717) is 23.1 Å². The van der Waals surface area contributed by atoms with Crippen LogP contribution in [0.5, 0.6) is 5.75 Å². The Labute approximate surface area is 125 Å². The van der Waals surface area contributed by atoms with Crippen molar-refractivity contribution in [2.24, 2.45) is 0 Å². The van der Waals surface area contributed by atoms with Crippen LogP contribution >= 0.6 is 0 Å². The second kappa shape index (κ2) is 5.64. The Morgan fingerprint density at radius 2 is 2.04 bits per heavy atom. The van der Waals surface area contributed by atoms with Gasteiger partial charge in [0.05, 0.1) is 18.2 Å². The third kappa shape index (κ3) is 3.85. The van der Waals surface area contributed by atoms with Gasteiger partial charge in [-0.1, -0.05) is 0 Å². The molecule has 0 N–H and O–H groups in total. The highest BCUT2D eigenvalue weighted by Crippen LogP contribution is 2.33. The zero-order valence-corrected chi connectivity index (χ0v) is 11.2. The van der Waals surface area contributed by atoms with E-state index >= 15 is 0 Å². The first-order valence-corrected chi connectivity index (χ1v) is 6.16. The van der Waals surface area contributed by atoms with Crippen molar-refractivity contribution >= 4 is 5.91 Å². The monoisotopic (exact) mass is 338 g/mol. The molecule has 4 nitrogen and oxygen atoms in total. The van der Waals surface area contributed by atoms with Crippen LogP contribution in [0, 0.1) is 17.1 Å². The van der Waals surface area contributed by atoms with Gasteiger partial charge in [-0.2, -0.15) is 5.26 Å². The molecular weight excluding hydrogens is 330 g/mol. The summed E-state index contributed by atoms with van der Waals surface area (Å²) in [5.74, 6) is -6.75. The number of hydrogen-bond acceptors (Lipinski definition) is 3. The lowest BCUT2D eigenvalue weighted by atomic mass is 10.1. The van der Waals surface area contributed by atoms with Gasteiger partial charge in [-0.15, -0.1) is 13.2 Å². The third-order valence-corrected chi connectivity index (χ3v) is 3.08. The molecule has 1 fully saturated rings. The van der Waals surface area contributed by atoms with Crippen LogP contribution in [0.4, 0.5) is 26.3 Å². The molecular formula is C13H8F6N2O2. The van der Waals surface area contributed by atoms with Gasteiger partial charge >= 0.3 is 6.36 Å². The molecule has 124 valence electrons. The van der Waals surface area contributed by atoms with Gasteiger partial charge in [0.15, 0.2) is 0 Å². The number of nitrogens with zero attached hydrogens (tertiary/aromatic N) is 2. The molecule has 0 aliphatic carbocycles. The van der Waals surface area contributed by atoms with Crippen LogP contribution in [-0.4, -0.2) is 35.7 Å². The molecule has 10 heteroatoms. The van der Waals surface area contributed by atoms with Crippen molar-refractivity contribution in [1.29, 1.82) is 5.26 Å². The zero-order valence-electron chi connectivity index (χ0n) is 11.2. The van der Waals surface area contributed by atoms with Crippen molar-refractivity contribution in [2.75, 3.05) is 6.54 Å². The molecule has 1 amide bonds. The number of rotatable bonds is 2. The first-order valence-electron chi connectivity index (χ1n) is 6.16. The fourth-order valence-electron chi connectivity index (χ4n) is 2.17. The van der Waals surface area contributed by atoms with Crippen LogP contribution in [0.25, 0.3) is 0 Å². The van der Waals surface area contributed by atoms with Crippen molar-refractivity contribution in [3.63, 3.8) is 0 Å². The molecule has 1 atom stereocenters. The average molecular weight is 338 g/mol. The number of amides is 1. The SMILES string of the molecule is N#C[C@@H]1CC(F)(F)CN1C(=O)c1ccc(OC(F)(F)F)cc1F. The van der Waals surface area contributed by atoms with Crippen LogP contribution in [0.2, 0.25) is 0 Å². The smallest absolute Gasteiger partial charge is 0.406 e. The minimum atomic E-state index is -5.04. The molecule has 0 bridgehead atoms. The van der Waals surface area contributed by atoms with E-state index in [9.17, 15) is 31.1 Å². The molecule has 2 rings (SSSR count). The second-order valence-corrected chi connectivity index (χ2v) is 4.83. The van der Waals surface area contributed by atoms with Gasteiger partial charge in [-0.05, 0) is 12.1 Å². The topological polar surface area (TPSA) is 53.3 Å². The Bertz CT molecular complexity index is 667. The van der Waals surface area contributed by atoms with Gasteiger partial charge in [0, 0.05) is 12.5 Å². The molecule has 1 saturated heterocycles. The molecule has 1 aromatic rings. The van der Waals surface area contributed by atoms with Crippen LogP contribution in [0.3, 0.4) is 0 Å². The maximum absolute atomic E-state index is 13.8. The standard InChI is InChI=1S/C13H8F6N2O2/c14-10-3-8(23-13(17,18)19)1-2-9(10)11(22)21-6-12(15,16)4-7(21)5-20/h1-3,7H,4,6H2/t7-/m0/s1. The molecule has 0 unspecified atom stereocenters. The summed E-state index contributed by atoms with van der Waals surface area (Å²) in [6.07, 6.45) is -5.92. The number of hydrogen-bond donors (Lipinski definition) is 0. The third-order valence-electron chi connectivity index (χ3n) is 3.08. The first kappa shape index (κ1) is 16.9. The van der Waals surface area contributed by atoms with Gasteiger partial charge in [0.25, 0.3) is 11.8 Å². The van der Waals surface area contributed by atoms with Crippen LogP contribution in [0.15, 0.2) is 18.2 Å². The lowest BCUT2D eigenvalue weighted by Gasteiger charge is -2.19. The van der Waals surface area contributed by atoms with E-state index in [1.165, 1.54) is 6.07 Å². The summed E-state index contributed by atoms with van der Waals surface area (Å²) < 4.78 is 79.9.